The molecule has 2 N–H and O–H groups in total. The van der Waals surface area contributed by atoms with Crippen molar-refractivity contribution >= 4 is 43.6 Å². The summed E-state index contributed by atoms with van der Waals surface area (Å²) in [7, 11) is -5.06. The van der Waals surface area contributed by atoms with Crippen molar-refractivity contribution in [2.75, 3.05) is 20.6 Å². The van der Waals surface area contributed by atoms with Gasteiger partial charge in [0.15, 0.2) is 11.6 Å². The predicted molar refractivity (Wildman–Crippen MR) is 195 cm³/mol. The molecule has 4 aliphatic carbocycles. The van der Waals surface area contributed by atoms with E-state index in [1.807, 2.05) is 20.8 Å². The van der Waals surface area contributed by atoms with Crippen LogP contribution in [0.1, 0.15) is 113 Å². The van der Waals surface area contributed by atoms with Crippen LogP contribution in [0.15, 0.2) is 12.7 Å². The molecule has 1 heterocycles. The summed E-state index contributed by atoms with van der Waals surface area (Å²) < 4.78 is 57.1. The largest absolute Gasteiger partial charge is 0.332 e. The van der Waals surface area contributed by atoms with Gasteiger partial charge in [-0.15, -0.1) is 6.58 Å². The molecule has 2 spiro atoms. The first-order valence-corrected chi connectivity index (χ1v) is 21.4. The number of ketones is 2. The molecule has 6 atom stereocenters. The topological polar surface area (TPSA) is 167 Å². The van der Waals surface area contributed by atoms with Crippen LogP contribution in [-0.2, 0) is 39.4 Å². The van der Waals surface area contributed by atoms with Gasteiger partial charge in [-0.2, -0.15) is 17.4 Å². The van der Waals surface area contributed by atoms with Gasteiger partial charge >= 0.3 is 0 Å². The van der Waals surface area contributed by atoms with Crippen molar-refractivity contribution in [3.05, 3.63) is 12.7 Å². The van der Waals surface area contributed by atoms with Crippen LogP contribution >= 0.6 is 0 Å². The normalized spacial score (nSPS) is 30.8. The van der Waals surface area contributed by atoms with E-state index in [0.29, 0.717) is 32.2 Å². The molecule has 1 aliphatic heterocycles. The summed E-state index contributed by atoms with van der Waals surface area (Å²) in [6.07, 6.45) is 5.97. The molecular formula is C37H60N4O8S2. The van der Waals surface area contributed by atoms with Gasteiger partial charge in [-0.05, 0) is 66.1 Å². The second-order valence-corrected chi connectivity index (χ2v) is 23.0. The van der Waals surface area contributed by atoms with E-state index in [-0.39, 0.29) is 46.7 Å². The molecule has 5 fully saturated rings. The van der Waals surface area contributed by atoms with E-state index >= 15 is 0 Å². The van der Waals surface area contributed by atoms with Crippen molar-refractivity contribution in [3.63, 3.8) is 0 Å². The molecule has 51 heavy (non-hydrogen) atoms. The fourth-order valence-electron chi connectivity index (χ4n) is 9.69. The molecule has 288 valence electrons. The first-order chi connectivity index (χ1) is 23.1. The molecular weight excluding hydrogens is 693 g/mol. The van der Waals surface area contributed by atoms with Crippen LogP contribution in [0.4, 0.5) is 0 Å². The number of allylic oxidation sites excluding steroid dienone is 1. The van der Waals surface area contributed by atoms with Crippen LogP contribution in [-0.4, -0.2) is 87.4 Å². The van der Waals surface area contributed by atoms with E-state index in [4.69, 9.17) is 0 Å². The Morgan fingerprint density at radius 1 is 0.941 bits per heavy atom. The van der Waals surface area contributed by atoms with Crippen LogP contribution in [0.2, 0.25) is 0 Å². The lowest BCUT2D eigenvalue weighted by atomic mass is 9.73. The molecule has 0 bridgehead atoms. The smallest absolute Gasteiger partial charge is 0.279 e. The molecule has 14 heteroatoms. The maximum Gasteiger partial charge on any atom is 0.279 e. The molecule has 0 aromatic heterocycles. The first kappa shape index (κ1) is 40.0. The second-order valence-electron chi connectivity index (χ2n) is 19.1. The maximum atomic E-state index is 15.0. The minimum atomic E-state index is -3.98. The van der Waals surface area contributed by atoms with Gasteiger partial charge in [0.1, 0.15) is 0 Å². The molecule has 0 aromatic carbocycles. The Hall–Kier alpha value is -2.16. The molecule has 2 amide bonds. The fraction of sp³-hybridized carbons (Fsp3) is 0.838. The third-order valence-electron chi connectivity index (χ3n) is 13.7. The Morgan fingerprint density at radius 2 is 1.53 bits per heavy atom. The van der Waals surface area contributed by atoms with E-state index in [2.05, 4.69) is 29.9 Å². The highest BCUT2D eigenvalue weighted by atomic mass is 32.2. The molecule has 0 aromatic rings. The highest BCUT2D eigenvalue weighted by Crippen LogP contribution is 2.88. The number of carbonyl (C=O) groups is 4. The highest BCUT2D eigenvalue weighted by molar-refractivity contribution is 7.91. The van der Waals surface area contributed by atoms with Gasteiger partial charge in [0.2, 0.25) is 21.8 Å². The summed E-state index contributed by atoms with van der Waals surface area (Å²) >= 11 is 0. The lowest BCUT2D eigenvalue weighted by Gasteiger charge is -2.37. The molecule has 4 saturated carbocycles. The molecule has 5 aliphatic rings. The summed E-state index contributed by atoms with van der Waals surface area (Å²) in [5.74, 6) is -2.97. The third-order valence-corrected chi connectivity index (χ3v) is 17.0. The number of nitrogens with zero attached hydrogens (tertiary/aromatic N) is 2. The van der Waals surface area contributed by atoms with Crippen LogP contribution < -0.4 is 9.44 Å². The molecule has 5 rings (SSSR count). The van der Waals surface area contributed by atoms with E-state index in [1.54, 1.807) is 31.7 Å². The minimum Gasteiger partial charge on any atom is -0.332 e. The number of hydrogen-bond donors (Lipinski definition) is 2. The summed E-state index contributed by atoms with van der Waals surface area (Å²) in [6, 6.07) is -1.96. The standard InChI is InChI=1S/C37H60N4O8S2/c1-12-23-19-35(23,31(45)39-50(46,47)24-14-15-24)21-28(43)26-20-37(34(8,9)36(37)16-13-17-36)22-41(26)30(44)25(32(2,3)4)18-27(42)29(33(5,6)7)38-51(48,49)40(10)11/h12,23-26,29,38H,1,13-22H2,2-11H3,(H,39,45)/t23-,25-,26+,29-,35-,37-/m1/s1. The number of Topliss-reactive ketones (excluding diaryl/α,β-unsaturated/α-hetero) is 2. The second kappa shape index (κ2) is 12.4. The van der Waals surface area contributed by atoms with Crippen LogP contribution in [0, 0.1) is 44.3 Å². The van der Waals surface area contributed by atoms with Crippen LogP contribution in [0.25, 0.3) is 0 Å². The van der Waals surface area contributed by atoms with Gasteiger partial charge < -0.3 is 4.90 Å². The lowest BCUT2D eigenvalue weighted by Crippen LogP contribution is -2.54. The Balaban J connectivity index is 1.46. The lowest BCUT2D eigenvalue weighted by molar-refractivity contribution is -0.146. The van der Waals surface area contributed by atoms with Gasteiger partial charge in [0.25, 0.3) is 10.2 Å². The Morgan fingerprint density at radius 3 is 1.94 bits per heavy atom. The number of carbonyl (C=O) groups excluding carboxylic acids is 4. The Kier molecular flexibility index (Phi) is 9.77. The number of likely N-dealkylation sites (tertiary alicyclic amines) is 1. The monoisotopic (exact) mass is 752 g/mol. The molecule has 12 nitrogen and oxygen atoms in total. The molecule has 0 radical (unpaired) electrons. The highest BCUT2D eigenvalue weighted by Gasteiger charge is 2.85. The summed E-state index contributed by atoms with van der Waals surface area (Å²) in [4.78, 5) is 58.9. The Labute approximate surface area is 305 Å². The summed E-state index contributed by atoms with van der Waals surface area (Å²) in [5.41, 5.74) is -3.21. The average Bonchev–Trinajstić information content (AvgIpc) is 3.90. The van der Waals surface area contributed by atoms with Crippen LogP contribution in [0.5, 0.6) is 0 Å². The zero-order valence-corrected chi connectivity index (χ0v) is 33.9. The first-order valence-electron chi connectivity index (χ1n) is 18.4. The van der Waals surface area contributed by atoms with Crippen molar-refractivity contribution < 1.29 is 36.0 Å². The SMILES string of the molecule is C=C[C@@H]1C[C@]1(CC(=O)[C@@H]1C[C@@]2(CN1C(=O)[C@@H](CC(=O)[C@@H](NS(=O)(=O)N(C)C)C(C)(C)C)C(C)(C)C)C(C)(C)C21CCC1)C(=O)NS(=O)(=O)C1CC1. The Bertz CT molecular complexity index is 1720. The number of sulfonamides is 1. The van der Waals surface area contributed by atoms with Crippen molar-refractivity contribution in [1.29, 1.82) is 0 Å². The van der Waals surface area contributed by atoms with Gasteiger partial charge in [-0.1, -0.05) is 67.9 Å². The number of hydrogen-bond acceptors (Lipinski definition) is 8. The maximum absolute atomic E-state index is 15.0. The van der Waals surface area contributed by atoms with E-state index in [1.165, 1.54) is 14.1 Å². The van der Waals surface area contributed by atoms with Gasteiger partial charge in [0.05, 0.1) is 22.7 Å². The average molecular weight is 753 g/mol. The minimum absolute atomic E-state index is 0.000958. The number of amides is 2. The van der Waals surface area contributed by atoms with Crippen molar-refractivity contribution in [2.24, 2.45) is 44.3 Å². The van der Waals surface area contributed by atoms with Gasteiger partial charge in [0, 0.05) is 44.8 Å². The van der Waals surface area contributed by atoms with Gasteiger partial charge in [-0.25, -0.2) is 8.42 Å². The predicted octanol–water partition coefficient (Wildman–Crippen LogP) is 3.98. The number of rotatable bonds is 14. The zero-order chi connectivity index (χ0) is 38.5. The molecule has 1 saturated heterocycles. The third kappa shape index (κ3) is 6.55. The van der Waals surface area contributed by atoms with Crippen molar-refractivity contribution in [1.82, 2.24) is 18.6 Å². The van der Waals surface area contributed by atoms with Crippen molar-refractivity contribution in [2.45, 2.75) is 131 Å². The van der Waals surface area contributed by atoms with E-state index in [0.717, 1.165) is 23.6 Å². The van der Waals surface area contributed by atoms with E-state index < -0.39 is 71.4 Å². The van der Waals surface area contributed by atoms with Crippen molar-refractivity contribution in [3.8, 4) is 0 Å². The van der Waals surface area contributed by atoms with Crippen LogP contribution in [0.3, 0.4) is 0 Å². The fourth-order valence-corrected chi connectivity index (χ4v) is 12.1. The zero-order valence-electron chi connectivity index (χ0n) is 32.2. The van der Waals surface area contributed by atoms with E-state index in [9.17, 15) is 36.0 Å². The quantitative estimate of drug-likeness (QED) is 0.252. The summed E-state index contributed by atoms with van der Waals surface area (Å²) in [5, 5.41) is -0.596. The van der Waals surface area contributed by atoms with Gasteiger partial charge in [-0.3, -0.25) is 23.9 Å². The summed E-state index contributed by atoms with van der Waals surface area (Å²) in [6.45, 7) is 19.5. The number of nitrogens with one attached hydrogen (secondary N) is 2. The molecule has 0 unspecified atom stereocenters. The number of fused-ring (bicyclic) bond motifs is 1.